The van der Waals surface area contributed by atoms with Crippen LogP contribution in [-0.4, -0.2) is 24.9 Å². The summed E-state index contributed by atoms with van der Waals surface area (Å²) in [7, 11) is 0. The van der Waals surface area contributed by atoms with Crippen molar-refractivity contribution in [1.29, 1.82) is 0 Å². The fraction of sp³-hybridized carbons (Fsp3) is 0.417. The van der Waals surface area contributed by atoms with Gasteiger partial charge in [-0.2, -0.15) is 0 Å². The highest BCUT2D eigenvalue weighted by Gasteiger charge is 2.29. The smallest absolute Gasteiger partial charge is 0.223 e. The maximum absolute atomic E-state index is 12.9. The molecule has 1 aliphatic carbocycles. The molecule has 1 saturated carbocycles. The number of amides is 2. The number of hydrogen-bond donors (Lipinski definition) is 2. The van der Waals surface area contributed by atoms with Gasteiger partial charge >= 0.3 is 0 Å². The summed E-state index contributed by atoms with van der Waals surface area (Å²) in [6.07, 6.45) is 4.16. The van der Waals surface area contributed by atoms with Crippen LogP contribution >= 0.6 is 0 Å². The quantitative estimate of drug-likeness (QED) is 0.691. The SMILES string of the molecule is O=C(NCCc1ccc(F)cc1)C1CCC(C(=O)NCCc2ccc(F)cc2)CC1. The Balaban J connectivity index is 1.32. The predicted octanol–water partition coefficient (Wildman–Crippen LogP) is 3.79. The van der Waals surface area contributed by atoms with Gasteiger partial charge in [0.05, 0.1) is 0 Å². The lowest BCUT2D eigenvalue weighted by Gasteiger charge is -2.27. The Morgan fingerprint density at radius 3 is 1.33 bits per heavy atom. The van der Waals surface area contributed by atoms with E-state index in [-0.39, 0.29) is 35.3 Å². The van der Waals surface area contributed by atoms with Crippen LogP contribution in [0.15, 0.2) is 48.5 Å². The first-order valence-electron chi connectivity index (χ1n) is 10.6. The van der Waals surface area contributed by atoms with Crippen molar-refractivity contribution in [2.45, 2.75) is 38.5 Å². The van der Waals surface area contributed by atoms with E-state index in [9.17, 15) is 18.4 Å². The number of nitrogens with one attached hydrogen (secondary N) is 2. The third-order valence-electron chi connectivity index (χ3n) is 5.72. The molecule has 0 saturated heterocycles. The molecule has 160 valence electrons. The van der Waals surface area contributed by atoms with Crippen molar-refractivity contribution in [2.75, 3.05) is 13.1 Å². The summed E-state index contributed by atoms with van der Waals surface area (Å²) in [5.74, 6) is -0.569. The van der Waals surface area contributed by atoms with Crippen LogP contribution in [-0.2, 0) is 22.4 Å². The molecule has 0 aromatic heterocycles. The highest BCUT2D eigenvalue weighted by Crippen LogP contribution is 2.29. The number of benzene rings is 2. The summed E-state index contributed by atoms with van der Waals surface area (Å²) in [5.41, 5.74) is 1.97. The van der Waals surface area contributed by atoms with E-state index < -0.39 is 0 Å². The van der Waals surface area contributed by atoms with E-state index in [4.69, 9.17) is 0 Å². The maximum Gasteiger partial charge on any atom is 0.223 e. The van der Waals surface area contributed by atoms with E-state index in [1.54, 1.807) is 24.3 Å². The van der Waals surface area contributed by atoms with Gasteiger partial charge in [0.1, 0.15) is 11.6 Å². The Labute approximate surface area is 176 Å². The molecule has 0 unspecified atom stereocenters. The molecule has 0 radical (unpaired) electrons. The molecule has 3 rings (SSSR count). The summed E-state index contributed by atoms with van der Waals surface area (Å²) in [4.78, 5) is 24.7. The molecule has 0 bridgehead atoms. The van der Waals surface area contributed by atoms with Crippen molar-refractivity contribution in [3.8, 4) is 0 Å². The maximum atomic E-state index is 12.9. The van der Waals surface area contributed by atoms with Crippen LogP contribution in [0.3, 0.4) is 0 Å². The Kier molecular flexibility index (Phi) is 7.94. The lowest BCUT2D eigenvalue weighted by atomic mass is 9.81. The standard InChI is InChI=1S/C24H28F2N2O2/c25-21-9-1-17(2-10-21)13-15-27-23(29)19-5-7-20(8-6-19)24(30)28-16-14-18-3-11-22(26)12-4-18/h1-4,9-12,19-20H,5-8,13-16H2,(H,27,29)(H,28,30). The van der Waals surface area contributed by atoms with E-state index in [1.165, 1.54) is 24.3 Å². The lowest BCUT2D eigenvalue weighted by Crippen LogP contribution is -2.38. The first-order valence-corrected chi connectivity index (χ1v) is 10.6. The highest BCUT2D eigenvalue weighted by atomic mass is 19.1. The van der Waals surface area contributed by atoms with E-state index in [2.05, 4.69) is 10.6 Å². The Morgan fingerprint density at radius 2 is 1.00 bits per heavy atom. The Hall–Kier alpha value is -2.76. The number of hydrogen-bond acceptors (Lipinski definition) is 2. The molecule has 0 atom stereocenters. The summed E-state index contributed by atoms with van der Waals surface area (Å²) in [5, 5.41) is 5.91. The Morgan fingerprint density at radius 1 is 0.667 bits per heavy atom. The van der Waals surface area contributed by atoms with Gasteiger partial charge in [-0.3, -0.25) is 9.59 Å². The van der Waals surface area contributed by atoms with Gasteiger partial charge < -0.3 is 10.6 Å². The van der Waals surface area contributed by atoms with Gasteiger partial charge in [-0.1, -0.05) is 24.3 Å². The first-order chi connectivity index (χ1) is 14.5. The molecule has 6 heteroatoms. The largest absolute Gasteiger partial charge is 0.356 e. The summed E-state index contributed by atoms with van der Waals surface area (Å²) < 4.78 is 25.8. The zero-order chi connectivity index (χ0) is 21.3. The second-order valence-electron chi connectivity index (χ2n) is 7.88. The molecule has 0 heterocycles. The second kappa shape index (κ2) is 10.9. The molecule has 2 aromatic rings. The number of carbonyl (C=O) groups is 2. The molecular formula is C24H28F2N2O2. The average Bonchev–Trinajstić information content (AvgIpc) is 2.76. The van der Waals surface area contributed by atoms with E-state index in [0.29, 0.717) is 51.6 Å². The minimum Gasteiger partial charge on any atom is -0.356 e. The van der Waals surface area contributed by atoms with E-state index >= 15 is 0 Å². The number of rotatable bonds is 8. The van der Waals surface area contributed by atoms with Gasteiger partial charge in [-0.05, 0) is 73.9 Å². The predicted molar refractivity (Wildman–Crippen MR) is 112 cm³/mol. The van der Waals surface area contributed by atoms with Gasteiger partial charge in [0.15, 0.2) is 0 Å². The van der Waals surface area contributed by atoms with Crippen LogP contribution in [0.2, 0.25) is 0 Å². The molecule has 0 spiro atoms. The zero-order valence-corrected chi connectivity index (χ0v) is 17.0. The van der Waals surface area contributed by atoms with Gasteiger partial charge in [0, 0.05) is 24.9 Å². The van der Waals surface area contributed by atoms with Crippen molar-refractivity contribution in [1.82, 2.24) is 10.6 Å². The van der Waals surface area contributed by atoms with Crippen LogP contribution < -0.4 is 10.6 Å². The third kappa shape index (κ3) is 6.65. The fourth-order valence-electron chi connectivity index (χ4n) is 3.87. The Bertz CT molecular complexity index is 758. The number of halogens is 2. The molecule has 2 amide bonds. The minimum atomic E-state index is -0.265. The second-order valence-corrected chi connectivity index (χ2v) is 7.88. The van der Waals surface area contributed by atoms with Crippen molar-refractivity contribution in [3.05, 3.63) is 71.3 Å². The summed E-state index contributed by atoms with van der Waals surface area (Å²) in [6.45, 7) is 1.04. The average molecular weight is 414 g/mol. The van der Waals surface area contributed by atoms with Gasteiger partial charge in [0.2, 0.25) is 11.8 Å². The zero-order valence-electron chi connectivity index (χ0n) is 17.0. The fourth-order valence-corrected chi connectivity index (χ4v) is 3.87. The molecule has 1 fully saturated rings. The van der Waals surface area contributed by atoms with E-state index in [1.807, 2.05) is 0 Å². The van der Waals surface area contributed by atoms with Crippen molar-refractivity contribution < 1.29 is 18.4 Å². The van der Waals surface area contributed by atoms with Crippen LogP contribution in [0.1, 0.15) is 36.8 Å². The third-order valence-corrected chi connectivity index (χ3v) is 5.72. The molecule has 2 aromatic carbocycles. The van der Waals surface area contributed by atoms with Gasteiger partial charge in [-0.15, -0.1) is 0 Å². The van der Waals surface area contributed by atoms with Crippen LogP contribution in [0.5, 0.6) is 0 Å². The minimum absolute atomic E-state index is 0.0345. The highest BCUT2D eigenvalue weighted by molar-refractivity contribution is 5.81. The van der Waals surface area contributed by atoms with Crippen molar-refractivity contribution in [2.24, 2.45) is 11.8 Å². The van der Waals surface area contributed by atoms with Gasteiger partial charge in [0.25, 0.3) is 0 Å². The lowest BCUT2D eigenvalue weighted by molar-refractivity contribution is -0.130. The molecular weight excluding hydrogens is 386 g/mol. The first kappa shape index (κ1) is 21.9. The molecule has 2 N–H and O–H groups in total. The van der Waals surface area contributed by atoms with Crippen LogP contribution in [0.25, 0.3) is 0 Å². The summed E-state index contributed by atoms with van der Waals surface area (Å²) >= 11 is 0. The molecule has 4 nitrogen and oxygen atoms in total. The van der Waals surface area contributed by atoms with Gasteiger partial charge in [-0.25, -0.2) is 8.78 Å². The molecule has 0 aliphatic heterocycles. The topological polar surface area (TPSA) is 58.2 Å². The molecule has 30 heavy (non-hydrogen) atoms. The van der Waals surface area contributed by atoms with Crippen molar-refractivity contribution >= 4 is 11.8 Å². The normalized spacial score (nSPS) is 18.6. The number of carbonyl (C=O) groups excluding carboxylic acids is 2. The van der Waals surface area contributed by atoms with Crippen molar-refractivity contribution in [3.63, 3.8) is 0 Å². The monoisotopic (exact) mass is 414 g/mol. The van der Waals surface area contributed by atoms with Crippen LogP contribution in [0, 0.1) is 23.5 Å². The van der Waals surface area contributed by atoms with E-state index in [0.717, 1.165) is 11.1 Å². The van der Waals surface area contributed by atoms with Crippen LogP contribution in [0.4, 0.5) is 8.78 Å². The summed E-state index contributed by atoms with van der Waals surface area (Å²) in [6, 6.07) is 12.6. The molecule has 1 aliphatic rings.